The van der Waals surface area contributed by atoms with Crippen LogP contribution in [-0.2, 0) is 11.2 Å². The van der Waals surface area contributed by atoms with Crippen LogP contribution in [0.1, 0.15) is 18.9 Å². The van der Waals surface area contributed by atoms with Gasteiger partial charge < -0.3 is 4.90 Å². The molecule has 0 N–H and O–H groups in total. The van der Waals surface area contributed by atoms with Crippen LogP contribution in [0.4, 0.5) is 5.69 Å². The Balaban J connectivity index is 1.62. The first-order chi connectivity index (χ1) is 11.8. The standard InChI is InChI=1S/C21H20N2O/c1-15-18(13-12-16-7-3-2-4-8-16)23(21(15)24)19-11-5-9-17-10-6-14-22-20(17)19/h2-11,14-15,18H,12-13H2,1H3. The van der Waals surface area contributed by atoms with Crippen molar-refractivity contribution < 1.29 is 4.79 Å². The molecule has 2 heterocycles. The Bertz CT molecular complexity index is 870. The highest BCUT2D eigenvalue weighted by Gasteiger charge is 2.45. The third-order valence-corrected chi connectivity index (χ3v) is 4.98. The molecule has 0 radical (unpaired) electrons. The number of nitrogens with zero attached hydrogens (tertiary/aromatic N) is 2. The van der Waals surface area contributed by atoms with Crippen molar-refractivity contribution in [3.63, 3.8) is 0 Å². The molecule has 1 aromatic heterocycles. The van der Waals surface area contributed by atoms with Crippen LogP contribution in [0.3, 0.4) is 0 Å². The van der Waals surface area contributed by atoms with Gasteiger partial charge in [0.1, 0.15) is 0 Å². The Kier molecular flexibility index (Phi) is 3.77. The number of hydrogen-bond acceptors (Lipinski definition) is 2. The molecule has 0 aliphatic carbocycles. The molecule has 24 heavy (non-hydrogen) atoms. The smallest absolute Gasteiger partial charge is 0.232 e. The zero-order valence-electron chi connectivity index (χ0n) is 13.7. The second kappa shape index (κ2) is 6.08. The molecule has 2 aromatic carbocycles. The van der Waals surface area contributed by atoms with Gasteiger partial charge in [0.25, 0.3) is 0 Å². The second-order valence-corrected chi connectivity index (χ2v) is 6.44. The minimum atomic E-state index is 0.0766. The Morgan fingerprint density at radius 2 is 1.79 bits per heavy atom. The molecule has 1 saturated heterocycles. The van der Waals surface area contributed by atoms with Gasteiger partial charge in [-0.15, -0.1) is 0 Å². The number of rotatable bonds is 4. The van der Waals surface area contributed by atoms with Crippen molar-refractivity contribution in [1.82, 2.24) is 4.98 Å². The van der Waals surface area contributed by atoms with Crippen LogP contribution >= 0.6 is 0 Å². The number of hydrogen-bond donors (Lipinski definition) is 0. The maximum atomic E-state index is 12.5. The van der Waals surface area contributed by atoms with E-state index in [1.165, 1.54) is 5.56 Å². The van der Waals surface area contributed by atoms with Crippen LogP contribution in [0.2, 0.25) is 0 Å². The molecule has 1 aliphatic rings. The lowest BCUT2D eigenvalue weighted by Crippen LogP contribution is -2.60. The number of para-hydroxylation sites is 1. The maximum absolute atomic E-state index is 12.5. The summed E-state index contributed by atoms with van der Waals surface area (Å²) in [6.07, 6.45) is 3.75. The van der Waals surface area contributed by atoms with Gasteiger partial charge in [-0.2, -0.15) is 0 Å². The molecule has 0 spiro atoms. The summed E-state index contributed by atoms with van der Waals surface area (Å²) in [6, 6.07) is 20.7. The summed E-state index contributed by atoms with van der Waals surface area (Å²) in [4.78, 5) is 19.0. The predicted octanol–water partition coefficient (Wildman–Crippen LogP) is 4.22. The van der Waals surface area contributed by atoms with E-state index < -0.39 is 0 Å². The molecule has 2 atom stereocenters. The van der Waals surface area contributed by atoms with E-state index >= 15 is 0 Å². The number of fused-ring (bicyclic) bond motifs is 1. The third kappa shape index (κ3) is 2.46. The fourth-order valence-electron chi connectivity index (χ4n) is 3.61. The largest absolute Gasteiger partial charge is 0.306 e. The van der Waals surface area contributed by atoms with Crippen LogP contribution in [-0.4, -0.2) is 16.9 Å². The van der Waals surface area contributed by atoms with Crippen molar-refractivity contribution in [1.29, 1.82) is 0 Å². The fraction of sp³-hybridized carbons (Fsp3) is 0.238. The van der Waals surface area contributed by atoms with Crippen molar-refractivity contribution in [3.05, 3.63) is 72.4 Å². The van der Waals surface area contributed by atoms with E-state index in [1.807, 2.05) is 48.2 Å². The molecular weight excluding hydrogens is 296 g/mol. The summed E-state index contributed by atoms with van der Waals surface area (Å²) in [5.74, 6) is 0.277. The average Bonchev–Trinajstić information content (AvgIpc) is 2.65. The molecule has 1 fully saturated rings. The van der Waals surface area contributed by atoms with Gasteiger partial charge in [0.05, 0.1) is 17.1 Å². The second-order valence-electron chi connectivity index (χ2n) is 6.44. The van der Waals surface area contributed by atoms with E-state index in [0.717, 1.165) is 29.4 Å². The number of amides is 1. The van der Waals surface area contributed by atoms with Crippen LogP contribution < -0.4 is 4.90 Å². The Labute approximate surface area is 141 Å². The van der Waals surface area contributed by atoms with Gasteiger partial charge >= 0.3 is 0 Å². The number of anilines is 1. The van der Waals surface area contributed by atoms with Gasteiger partial charge in [-0.1, -0.05) is 55.5 Å². The molecule has 0 saturated carbocycles. The first kappa shape index (κ1) is 14.9. The number of carbonyl (C=O) groups is 1. The highest BCUT2D eigenvalue weighted by Crippen LogP contribution is 2.37. The van der Waals surface area contributed by atoms with Gasteiger partial charge in [-0.05, 0) is 30.5 Å². The van der Waals surface area contributed by atoms with Crippen molar-refractivity contribution in [2.45, 2.75) is 25.8 Å². The van der Waals surface area contributed by atoms with E-state index in [0.29, 0.717) is 0 Å². The van der Waals surface area contributed by atoms with E-state index in [9.17, 15) is 4.79 Å². The molecular formula is C21H20N2O. The topological polar surface area (TPSA) is 33.2 Å². The maximum Gasteiger partial charge on any atom is 0.232 e. The Morgan fingerprint density at radius 3 is 2.62 bits per heavy atom. The summed E-state index contributed by atoms with van der Waals surface area (Å²) in [6.45, 7) is 2.03. The first-order valence-corrected chi connectivity index (χ1v) is 8.46. The Hall–Kier alpha value is -2.68. The number of aromatic nitrogens is 1. The van der Waals surface area contributed by atoms with Gasteiger partial charge in [-0.3, -0.25) is 9.78 Å². The number of benzene rings is 2. The van der Waals surface area contributed by atoms with Crippen molar-refractivity contribution >= 4 is 22.5 Å². The van der Waals surface area contributed by atoms with E-state index in [2.05, 4.69) is 29.2 Å². The SMILES string of the molecule is CC1C(=O)N(c2cccc3cccnc23)C1CCc1ccccc1. The normalized spacial score (nSPS) is 20.2. The predicted molar refractivity (Wildman–Crippen MR) is 96.9 cm³/mol. The zero-order valence-corrected chi connectivity index (χ0v) is 13.7. The minimum Gasteiger partial charge on any atom is -0.306 e. The van der Waals surface area contributed by atoms with Crippen LogP contribution in [0.25, 0.3) is 10.9 Å². The Morgan fingerprint density at radius 1 is 1.00 bits per heavy atom. The molecule has 3 nitrogen and oxygen atoms in total. The lowest BCUT2D eigenvalue weighted by Gasteiger charge is -2.46. The van der Waals surface area contributed by atoms with Crippen molar-refractivity contribution in [2.75, 3.05) is 4.90 Å². The lowest BCUT2D eigenvalue weighted by molar-refractivity contribution is -0.129. The summed E-state index contributed by atoms with van der Waals surface area (Å²) in [5, 5.41) is 1.07. The molecule has 0 bridgehead atoms. The summed E-state index contributed by atoms with van der Waals surface area (Å²) < 4.78 is 0. The monoisotopic (exact) mass is 316 g/mol. The van der Waals surface area contributed by atoms with E-state index in [-0.39, 0.29) is 17.9 Å². The van der Waals surface area contributed by atoms with E-state index in [4.69, 9.17) is 0 Å². The van der Waals surface area contributed by atoms with Gasteiger partial charge in [0.2, 0.25) is 5.91 Å². The van der Waals surface area contributed by atoms with Crippen molar-refractivity contribution in [3.8, 4) is 0 Å². The zero-order chi connectivity index (χ0) is 16.5. The molecule has 2 unspecified atom stereocenters. The molecule has 1 aliphatic heterocycles. The molecule has 3 aromatic rings. The van der Waals surface area contributed by atoms with Crippen LogP contribution in [0, 0.1) is 5.92 Å². The fourth-order valence-corrected chi connectivity index (χ4v) is 3.61. The first-order valence-electron chi connectivity index (χ1n) is 8.46. The number of aryl methyl sites for hydroxylation is 1. The van der Waals surface area contributed by atoms with E-state index in [1.54, 1.807) is 6.20 Å². The minimum absolute atomic E-state index is 0.0766. The van der Waals surface area contributed by atoms with Gasteiger partial charge in [0.15, 0.2) is 0 Å². The number of carbonyl (C=O) groups excluding carboxylic acids is 1. The summed E-state index contributed by atoms with van der Waals surface area (Å²) in [5.41, 5.74) is 3.17. The average molecular weight is 316 g/mol. The lowest BCUT2D eigenvalue weighted by atomic mass is 9.84. The van der Waals surface area contributed by atoms with Crippen LogP contribution in [0.15, 0.2) is 66.9 Å². The third-order valence-electron chi connectivity index (χ3n) is 4.98. The van der Waals surface area contributed by atoms with Crippen LogP contribution in [0.5, 0.6) is 0 Å². The molecule has 1 amide bonds. The van der Waals surface area contributed by atoms with Gasteiger partial charge in [0, 0.05) is 17.6 Å². The summed E-state index contributed by atoms with van der Waals surface area (Å²) in [7, 11) is 0. The molecule has 4 rings (SSSR count). The number of β-lactam (4-membered cyclic amide) rings is 1. The van der Waals surface area contributed by atoms with Crippen molar-refractivity contribution in [2.24, 2.45) is 5.92 Å². The molecule has 120 valence electrons. The highest BCUT2D eigenvalue weighted by atomic mass is 16.2. The number of pyridine rings is 1. The summed E-state index contributed by atoms with van der Waals surface area (Å²) >= 11 is 0. The highest BCUT2D eigenvalue weighted by molar-refractivity contribution is 6.08. The van der Waals surface area contributed by atoms with Gasteiger partial charge in [-0.25, -0.2) is 0 Å². The molecule has 3 heteroatoms. The quantitative estimate of drug-likeness (QED) is 0.675.